The van der Waals surface area contributed by atoms with Gasteiger partial charge in [-0.15, -0.1) is 0 Å². The van der Waals surface area contributed by atoms with Gasteiger partial charge in [0, 0.05) is 19.3 Å². The summed E-state index contributed by atoms with van der Waals surface area (Å²) in [4.78, 5) is 17.3. The van der Waals surface area contributed by atoms with E-state index in [1.165, 1.54) is 7.11 Å². The van der Waals surface area contributed by atoms with Crippen molar-refractivity contribution in [3.8, 4) is 6.07 Å². The maximum Gasteiger partial charge on any atom is 0.307 e. The Balaban J connectivity index is 2.95. The summed E-state index contributed by atoms with van der Waals surface area (Å²) >= 11 is 0. The van der Waals surface area contributed by atoms with Crippen LogP contribution in [0.5, 0.6) is 0 Å². The Kier molecular flexibility index (Phi) is 4.67. The molecular formula is C13H17N3O2. The van der Waals surface area contributed by atoms with Gasteiger partial charge >= 0.3 is 5.97 Å². The molecule has 0 N–H and O–H groups in total. The number of nitriles is 1. The minimum absolute atomic E-state index is 0.270. The predicted octanol–water partition coefficient (Wildman–Crippen LogP) is 1.57. The second-order valence-corrected chi connectivity index (χ2v) is 4.14. The SMILES string of the molecule is COC(=O)CCN(C)c1nc(C)cc(C)c1C#N. The lowest BCUT2D eigenvalue weighted by atomic mass is 10.1. The maximum atomic E-state index is 11.1. The van der Waals surface area contributed by atoms with Gasteiger partial charge in [0.1, 0.15) is 11.9 Å². The summed E-state index contributed by atoms with van der Waals surface area (Å²) in [6.45, 7) is 4.23. The van der Waals surface area contributed by atoms with Gasteiger partial charge in [0.25, 0.3) is 0 Å². The average Bonchev–Trinajstić information content (AvgIpc) is 2.34. The van der Waals surface area contributed by atoms with Gasteiger partial charge < -0.3 is 9.64 Å². The lowest BCUT2D eigenvalue weighted by Gasteiger charge is -2.20. The number of carbonyl (C=O) groups excluding carboxylic acids is 1. The van der Waals surface area contributed by atoms with Crippen LogP contribution in [0.25, 0.3) is 0 Å². The van der Waals surface area contributed by atoms with E-state index in [1.54, 1.807) is 4.90 Å². The normalized spacial score (nSPS) is 9.72. The summed E-state index contributed by atoms with van der Waals surface area (Å²) in [5.74, 6) is 0.337. The van der Waals surface area contributed by atoms with Gasteiger partial charge in [0.2, 0.25) is 0 Å². The molecule has 1 heterocycles. The minimum Gasteiger partial charge on any atom is -0.469 e. The highest BCUT2D eigenvalue weighted by Gasteiger charge is 2.13. The molecule has 0 saturated heterocycles. The molecule has 1 aromatic rings. The van der Waals surface area contributed by atoms with Crippen molar-refractivity contribution in [3.05, 3.63) is 22.9 Å². The van der Waals surface area contributed by atoms with Crippen LogP contribution >= 0.6 is 0 Å². The van der Waals surface area contributed by atoms with Crippen LogP contribution in [0.15, 0.2) is 6.07 Å². The average molecular weight is 247 g/mol. The number of nitrogens with zero attached hydrogens (tertiary/aromatic N) is 3. The van der Waals surface area contributed by atoms with Crippen molar-refractivity contribution in [3.63, 3.8) is 0 Å². The Hall–Kier alpha value is -2.09. The summed E-state index contributed by atoms with van der Waals surface area (Å²) < 4.78 is 4.59. The van der Waals surface area contributed by atoms with Gasteiger partial charge in [-0.3, -0.25) is 4.79 Å². The highest BCUT2D eigenvalue weighted by molar-refractivity contribution is 5.70. The van der Waals surface area contributed by atoms with E-state index in [0.29, 0.717) is 17.9 Å². The third-order valence-corrected chi connectivity index (χ3v) is 2.68. The quantitative estimate of drug-likeness (QED) is 0.755. The van der Waals surface area contributed by atoms with Crippen molar-refractivity contribution in [1.82, 2.24) is 4.98 Å². The van der Waals surface area contributed by atoms with Crippen molar-refractivity contribution < 1.29 is 9.53 Å². The van der Waals surface area contributed by atoms with Crippen molar-refractivity contribution in [2.24, 2.45) is 0 Å². The van der Waals surface area contributed by atoms with Crippen LogP contribution in [0, 0.1) is 25.2 Å². The second kappa shape index (κ2) is 6.01. The minimum atomic E-state index is -0.273. The number of ether oxygens (including phenoxy) is 1. The van der Waals surface area contributed by atoms with E-state index in [1.807, 2.05) is 27.0 Å². The van der Waals surface area contributed by atoms with E-state index < -0.39 is 0 Å². The Labute approximate surface area is 107 Å². The molecule has 0 aliphatic rings. The van der Waals surface area contributed by atoms with Crippen LogP contribution in [0.3, 0.4) is 0 Å². The lowest BCUT2D eigenvalue weighted by molar-refractivity contribution is -0.140. The molecule has 0 aliphatic heterocycles. The van der Waals surface area contributed by atoms with Gasteiger partial charge in [-0.1, -0.05) is 0 Å². The summed E-state index contributed by atoms with van der Waals surface area (Å²) in [6.07, 6.45) is 0.270. The van der Waals surface area contributed by atoms with E-state index >= 15 is 0 Å². The molecule has 0 saturated carbocycles. The molecule has 0 atom stereocenters. The topological polar surface area (TPSA) is 66.2 Å². The third kappa shape index (κ3) is 3.20. The molecule has 5 nitrogen and oxygen atoms in total. The number of rotatable bonds is 4. The van der Waals surface area contributed by atoms with E-state index in [2.05, 4.69) is 15.8 Å². The number of esters is 1. The van der Waals surface area contributed by atoms with Crippen LogP contribution in [-0.4, -0.2) is 31.7 Å². The summed E-state index contributed by atoms with van der Waals surface area (Å²) in [7, 11) is 3.17. The predicted molar refractivity (Wildman–Crippen MR) is 68.3 cm³/mol. The molecule has 1 rings (SSSR count). The van der Waals surface area contributed by atoms with Crippen LogP contribution in [0.1, 0.15) is 23.2 Å². The molecule has 1 aromatic heterocycles. The highest BCUT2D eigenvalue weighted by atomic mass is 16.5. The zero-order chi connectivity index (χ0) is 13.7. The molecule has 0 unspecified atom stereocenters. The van der Waals surface area contributed by atoms with Crippen molar-refractivity contribution in [1.29, 1.82) is 5.26 Å². The summed E-state index contributed by atoms with van der Waals surface area (Å²) in [5.41, 5.74) is 2.30. The zero-order valence-corrected chi connectivity index (χ0v) is 11.1. The Bertz CT molecular complexity index is 492. The van der Waals surface area contributed by atoms with Gasteiger partial charge in [-0.05, 0) is 25.5 Å². The molecule has 0 spiro atoms. The first-order valence-electron chi connectivity index (χ1n) is 5.66. The number of anilines is 1. The van der Waals surface area contributed by atoms with E-state index in [4.69, 9.17) is 5.26 Å². The number of aryl methyl sites for hydroxylation is 2. The van der Waals surface area contributed by atoms with Crippen molar-refractivity contribution in [2.75, 3.05) is 25.6 Å². The summed E-state index contributed by atoms with van der Waals surface area (Å²) in [6, 6.07) is 4.02. The first-order valence-corrected chi connectivity index (χ1v) is 5.66. The smallest absolute Gasteiger partial charge is 0.307 e. The standard InChI is InChI=1S/C13H17N3O2/c1-9-7-10(2)15-13(11(9)8-14)16(3)6-5-12(17)18-4/h7H,5-6H2,1-4H3. The molecule has 0 amide bonds. The Morgan fingerprint density at radius 3 is 2.78 bits per heavy atom. The van der Waals surface area contributed by atoms with Crippen LogP contribution in [0.4, 0.5) is 5.82 Å². The van der Waals surface area contributed by atoms with Crippen LogP contribution < -0.4 is 4.90 Å². The van der Waals surface area contributed by atoms with Crippen molar-refractivity contribution in [2.45, 2.75) is 20.3 Å². The maximum absolute atomic E-state index is 11.1. The number of methoxy groups -OCH3 is 1. The molecule has 0 radical (unpaired) electrons. The molecule has 5 heteroatoms. The Morgan fingerprint density at radius 2 is 2.22 bits per heavy atom. The molecule has 96 valence electrons. The monoisotopic (exact) mass is 247 g/mol. The van der Waals surface area contributed by atoms with Crippen LogP contribution in [-0.2, 0) is 9.53 Å². The third-order valence-electron chi connectivity index (χ3n) is 2.68. The van der Waals surface area contributed by atoms with Crippen molar-refractivity contribution >= 4 is 11.8 Å². The molecule has 0 aliphatic carbocycles. The molecule has 0 bridgehead atoms. The largest absolute Gasteiger partial charge is 0.469 e. The van der Waals surface area contributed by atoms with Gasteiger partial charge in [0.05, 0.1) is 19.1 Å². The number of carbonyl (C=O) groups is 1. The number of hydrogen-bond acceptors (Lipinski definition) is 5. The van der Waals surface area contributed by atoms with Gasteiger partial charge in [-0.25, -0.2) is 4.98 Å². The molecule has 0 aromatic carbocycles. The van der Waals surface area contributed by atoms with Gasteiger partial charge in [0.15, 0.2) is 0 Å². The molecule has 18 heavy (non-hydrogen) atoms. The number of aromatic nitrogens is 1. The fourth-order valence-electron chi connectivity index (χ4n) is 1.70. The van der Waals surface area contributed by atoms with Gasteiger partial charge in [-0.2, -0.15) is 5.26 Å². The number of pyridine rings is 1. The Morgan fingerprint density at radius 1 is 1.56 bits per heavy atom. The highest BCUT2D eigenvalue weighted by Crippen LogP contribution is 2.20. The molecular weight excluding hydrogens is 230 g/mol. The first-order chi connectivity index (χ1) is 8.49. The molecule has 0 fully saturated rings. The van der Waals surface area contributed by atoms with E-state index in [-0.39, 0.29) is 12.4 Å². The zero-order valence-electron chi connectivity index (χ0n) is 11.1. The fourth-order valence-corrected chi connectivity index (χ4v) is 1.70. The number of hydrogen-bond donors (Lipinski definition) is 0. The fraction of sp³-hybridized carbons (Fsp3) is 0.462. The summed E-state index contributed by atoms with van der Waals surface area (Å²) in [5, 5.41) is 9.15. The first kappa shape index (κ1) is 14.0. The second-order valence-electron chi connectivity index (χ2n) is 4.14. The van der Waals surface area contributed by atoms with Crippen LogP contribution in [0.2, 0.25) is 0 Å². The van der Waals surface area contributed by atoms with E-state index in [0.717, 1.165) is 11.3 Å². The lowest BCUT2D eigenvalue weighted by Crippen LogP contribution is -2.24. The van der Waals surface area contributed by atoms with E-state index in [9.17, 15) is 4.79 Å².